The normalized spacial score (nSPS) is 9.91. The molecule has 0 fully saturated rings. The smallest absolute Gasteiger partial charge is 0.214 e. The highest BCUT2D eigenvalue weighted by atomic mass is 16.3. The number of primary amides is 1. The van der Waals surface area contributed by atoms with Crippen molar-refractivity contribution >= 4 is 5.91 Å². The van der Waals surface area contributed by atoms with Crippen molar-refractivity contribution in [3.05, 3.63) is 0 Å². The fourth-order valence-electron chi connectivity index (χ4n) is 0.0500. The number of carbonyl (C=O) groups is 1. The van der Waals surface area contributed by atoms with Gasteiger partial charge in [0.2, 0.25) is 5.91 Å². The molecule has 5 heteroatoms. The molecule has 0 saturated carbocycles. The number of nitrogens with two attached hydrogens (primary N) is 2. The van der Waals surface area contributed by atoms with Crippen LogP contribution in [0.1, 0.15) is 13.8 Å². The predicted molar refractivity (Wildman–Crippen MR) is 41.6 cm³/mol. The summed E-state index contributed by atoms with van der Waals surface area (Å²) in [6.07, 6.45) is 0. The van der Waals surface area contributed by atoms with Gasteiger partial charge in [-0.25, -0.2) is 0 Å². The lowest BCUT2D eigenvalue weighted by atomic mass is 10.1. The first-order valence-corrected chi connectivity index (χ1v) is 3.12. The van der Waals surface area contributed by atoms with Crippen LogP contribution in [0, 0.1) is 0 Å². The van der Waals surface area contributed by atoms with E-state index in [2.05, 4.69) is 5.73 Å². The zero-order chi connectivity index (χ0) is 9.49. The number of rotatable bonds is 2. The van der Waals surface area contributed by atoms with Crippen LogP contribution in [-0.4, -0.2) is 34.9 Å². The summed E-state index contributed by atoms with van der Waals surface area (Å²) in [7, 11) is 0. The van der Waals surface area contributed by atoms with E-state index in [1.807, 2.05) is 0 Å². The van der Waals surface area contributed by atoms with Crippen LogP contribution in [-0.2, 0) is 4.79 Å². The molecule has 1 amide bonds. The largest absolute Gasteiger partial charge is 0.394 e. The SMILES string of the molecule is CC(N)(CO)CO.CC(N)=O. The van der Waals surface area contributed by atoms with Crippen LogP contribution >= 0.6 is 0 Å². The molecule has 0 aliphatic rings. The maximum atomic E-state index is 9.22. The Morgan fingerprint density at radius 3 is 1.64 bits per heavy atom. The molecule has 0 rings (SSSR count). The average Bonchev–Trinajstić information content (AvgIpc) is 1.87. The molecule has 68 valence electrons. The molecule has 0 radical (unpaired) electrons. The molecule has 0 aromatic carbocycles. The summed E-state index contributed by atoms with van der Waals surface area (Å²) in [5.74, 6) is -0.333. The molecular weight excluding hydrogens is 148 g/mol. The highest BCUT2D eigenvalue weighted by Gasteiger charge is 2.13. The van der Waals surface area contributed by atoms with E-state index >= 15 is 0 Å². The van der Waals surface area contributed by atoms with E-state index < -0.39 is 5.54 Å². The van der Waals surface area contributed by atoms with Gasteiger partial charge in [-0.05, 0) is 6.92 Å². The van der Waals surface area contributed by atoms with Crippen LogP contribution < -0.4 is 11.5 Å². The molecule has 0 aromatic rings. The second-order valence-electron chi connectivity index (χ2n) is 2.58. The Morgan fingerprint density at radius 2 is 1.64 bits per heavy atom. The highest BCUT2D eigenvalue weighted by molar-refractivity contribution is 5.70. The van der Waals surface area contributed by atoms with Gasteiger partial charge in [-0.2, -0.15) is 0 Å². The van der Waals surface area contributed by atoms with E-state index in [9.17, 15) is 4.79 Å². The molecule has 0 aromatic heterocycles. The molecular formula is C6H16N2O3. The Kier molecular flexibility index (Phi) is 7.18. The highest BCUT2D eigenvalue weighted by Crippen LogP contribution is 1.91. The fraction of sp³-hybridized carbons (Fsp3) is 0.833. The van der Waals surface area contributed by atoms with E-state index in [-0.39, 0.29) is 19.1 Å². The number of amides is 1. The third kappa shape index (κ3) is 17.6. The minimum Gasteiger partial charge on any atom is -0.394 e. The van der Waals surface area contributed by atoms with Gasteiger partial charge in [0.15, 0.2) is 0 Å². The topological polar surface area (TPSA) is 110 Å². The van der Waals surface area contributed by atoms with Gasteiger partial charge >= 0.3 is 0 Å². The van der Waals surface area contributed by atoms with E-state index in [0.29, 0.717) is 0 Å². The van der Waals surface area contributed by atoms with Crippen molar-refractivity contribution < 1.29 is 15.0 Å². The first kappa shape index (κ1) is 13.0. The quantitative estimate of drug-likeness (QED) is 0.385. The second kappa shape index (κ2) is 6.09. The monoisotopic (exact) mass is 164 g/mol. The van der Waals surface area contributed by atoms with E-state index in [0.717, 1.165) is 0 Å². The van der Waals surface area contributed by atoms with E-state index in [1.54, 1.807) is 6.92 Å². The van der Waals surface area contributed by atoms with Crippen molar-refractivity contribution in [3.8, 4) is 0 Å². The lowest BCUT2D eigenvalue weighted by Crippen LogP contribution is -2.43. The van der Waals surface area contributed by atoms with Crippen LogP contribution in [0.4, 0.5) is 0 Å². The molecule has 0 aliphatic carbocycles. The summed E-state index contributed by atoms with van der Waals surface area (Å²) in [5, 5.41) is 16.6. The molecule has 0 aliphatic heterocycles. The van der Waals surface area contributed by atoms with Gasteiger partial charge in [-0.1, -0.05) is 0 Å². The molecule has 11 heavy (non-hydrogen) atoms. The molecule has 0 saturated heterocycles. The first-order valence-electron chi connectivity index (χ1n) is 3.12. The van der Waals surface area contributed by atoms with Crippen molar-refractivity contribution in [1.29, 1.82) is 0 Å². The summed E-state index contributed by atoms with van der Waals surface area (Å²) in [6.45, 7) is 2.53. The van der Waals surface area contributed by atoms with Crippen molar-refractivity contribution in [1.82, 2.24) is 0 Å². The lowest BCUT2D eigenvalue weighted by Gasteiger charge is -2.16. The van der Waals surface area contributed by atoms with E-state index in [4.69, 9.17) is 15.9 Å². The van der Waals surface area contributed by atoms with Gasteiger partial charge in [0.25, 0.3) is 0 Å². The van der Waals surface area contributed by atoms with Gasteiger partial charge in [-0.3, -0.25) is 4.79 Å². The molecule has 0 heterocycles. The van der Waals surface area contributed by atoms with Crippen LogP contribution in [0.3, 0.4) is 0 Å². The number of aliphatic hydroxyl groups excluding tert-OH is 2. The number of carbonyl (C=O) groups excluding carboxylic acids is 1. The molecule has 5 nitrogen and oxygen atoms in total. The Hall–Kier alpha value is -0.650. The Morgan fingerprint density at radius 1 is 1.45 bits per heavy atom. The fourth-order valence-corrected chi connectivity index (χ4v) is 0.0500. The van der Waals surface area contributed by atoms with Gasteiger partial charge in [-0.15, -0.1) is 0 Å². The summed E-state index contributed by atoms with van der Waals surface area (Å²) in [6, 6.07) is 0. The minimum absolute atomic E-state index is 0.177. The van der Waals surface area contributed by atoms with Crippen molar-refractivity contribution in [3.63, 3.8) is 0 Å². The standard InChI is InChI=1S/C4H11NO2.C2H5NO/c1-4(5,2-6)3-7;1-2(3)4/h6-7H,2-3,5H2,1H3;1H3,(H2,3,4). The van der Waals surface area contributed by atoms with Crippen LogP contribution in [0.15, 0.2) is 0 Å². The molecule has 0 unspecified atom stereocenters. The molecule has 0 spiro atoms. The Balaban J connectivity index is 0. The maximum Gasteiger partial charge on any atom is 0.214 e. The second-order valence-corrected chi connectivity index (χ2v) is 2.58. The number of hydrogen-bond donors (Lipinski definition) is 4. The van der Waals surface area contributed by atoms with Crippen LogP contribution in [0.2, 0.25) is 0 Å². The minimum atomic E-state index is -0.806. The zero-order valence-electron chi connectivity index (χ0n) is 6.87. The molecule has 6 N–H and O–H groups in total. The van der Waals surface area contributed by atoms with Gasteiger partial charge < -0.3 is 21.7 Å². The van der Waals surface area contributed by atoms with Crippen molar-refractivity contribution in [2.75, 3.05) is 13.2 Å². The van der Waals surface area contributed by atoms with Gasteiger partial charge in [0, 0.05) is 6.92 Å². The number of hydrogen-bond acceptors (Lipinski definition) is 4. The summed E-state index contributed by atoms with van der Waals surface area (Å²) >= 11 is 0. The third-order valence-electron chi connectivity index (χ3n) is 0.722. The van der Waals surface area contributed by atoms with Crippen LogP contribution in [0.25, 0.3) is 0 Å². The van der Waals surface area contributed by atoms with E-state index in [1.165, 1.54) is 6.92 Å². The first-order chi connectivity index (χ1) is 4.85. The zero-order valence-corrected chi connectivity index (χ0v) is 6.87. The van der Waals surface area contributed by atoms with Gasteiger partial charge in [0.1, 0.15) is 0 Å². The Bertz CT molecular complexity index is 104. The summed E-state index contributed by atoms with van der Waals surface area (Å²) in [4.78, 5) is 9.22. The molecule has 0 atom stereocenters. The number of aliphatic hydroxyl groups is 2. The molecule has 0 bridgehead atoms. The summed E-state index contributed by atoms with van der Waals surface area (Å²) < 4.78 is 0. The van der Waals surface area contributed by atoms with Gasteiger partial charge in [0.05, 0.1) is 18.8 Å². The van der Waals surface area contributed by atoms with Crippen molar-refractivity contribution in [2.24, 2.45) is 11.5 Å². The van der Waals surface area contributed by atoms with Crippen molar-refractivity contribution in [2.45, 2.75) is 19.4 Å². The lowest BCUT2D eigenvalue weighted by molar-refractivity contribution is -0.115. The van der Waals surface area contributed by atoms with Crippen LogP contribution in [0.5, 0.6) is 0 Å². The summed E-state index contributed by atoms with van der Waals surface area (Å²) in [5.41, 5.74) is 8.88. The Labute approximate surface area is 66.0 Å². The maximum absolute atomic E-state index is 9.22. The predicted octanol–water partition coefficient (Wildman–Crippen LogP) is -1.82. The third-order valence-corrected chi connectivity index (χ3v) is 0.722. The average molecular weight is 164 g/mol.